The van der Waals surface area contributed by atoms with E-state index < -0.39 is 5.97 Å². The second-order valence-corrected chi connectivity index (χ2v) is 5.11. The van der Waals surface area contributed by atoms with Crippen LogP contribution in [0.25, 0.3) is 16.9 Å². The Morgan fingerprint density at radius 2 is 1.86 bits per heavy atom. The van der Waals surface area contributed by atoms with Gasteiger partial charge < -0.3 is 5.11 Å². The molecular weight excluding hydrogens is 278 g/mol. The Hall–Kier alpha value is -2.95. The minimum Gasteiger partial charge on any atom is -0.477 e. The number of hydrogen-bond acceptors (Lipinski definition) is 3. The Kier molecular flexibility index (Phi) is 3.47. The quantitative estimate of drug-likeness (QED) is 0.805. The SMILES string of the molecule is Cc1cccc(C)c1-n1nc(-c2cccnc2)cc1C(=O)O. The lowest BCUT2D eigenvalue weighted by Crippen LogP contribution is -2.10. The molecule has 0 atom stereocenters. The van der Waals surface area contributed by atoms with Crippen molar-refractivity contribution in [2.75, 3.05) is 0 Å². The first kappa shape index (κ1) is 14.0. The molecule has 0 saturated carbocycles. The molecular formula is C17H15N3O2. The van der Waals surface area contributed by atoms with E-state index in [4.69, 9.17) is 0 Å². The number of aromatic carboxylic acids is 1. The monoisotopic (exact) mass is 293 g/mol. The zero-order valence-electron chi connectivity index (χ0n) is 12.3. The van der Waals surface area contributed by atoms with Gasteiger partial charge in [-0.25, -0.2) is 9.48 Å². The zero-order valence-corrected chi connectivity index (χ0v) is 12.3. The maximum absolute atomic E-state index is 11.6. The number of aromatic nitrogens is 3. The van der Waals surface area contributed by atoms with Crippen molar-refractivity contribution in [2.45, 2.75) is 13.8 Å². The van der Waals surface area contributed by atoms with E-state index >= 15 is 0 Å². The molecule has 110 valence electrons. The molecule has 1 aromatic carbocycles. The van der Waals surface area contributed by atoms with Crippen molar-refractivity contribution in [1.29, 1.82) is 0 Å². The molecule has 0 radical (unpaired) electrons. The first-order valence-electron chi connectivity index (χ1n) is 6.88. The van der Waals surface area contributed by atoms with Gasteiger partial charge >= 0.3 is 5.97 Å². The third kappa shape index (κ3) is 2.37. The van der Waals surface area contributed by atoms with E-state index in [9.17, 15) is 9.90 Å². The van der Waals surface area contributed by atoms with E-state index in [-0.39, 0.29) is 5.69 Å². The van der Waals surface area contributed by atoms with Gasteiger partial charge in [0.15, 0.2) is 5.69 Å². The number of benzene rings is 1. The fourth-order valence-corrected chi connectivity index (χ4v) is 2.50. The molecule has 0 saturated heterocycles. The van der Waals surface area contributed by atoms with Crippen LogP contribution >= 0.6 is 0 Å². The van der Waals surface area contributed by atoms with E-state index in [0.29, 0.717) is 5.69 Å². The summed E-state index contributed by atoms with van der Waals surface area (Å²) in [4.78, 5) is 15.6. The zero-order chi connectivity index (χ0) is 15.7. The van der Waals surface area contributed by atoms with Gasteiger partial charge in [0.2, 0.25) is 0 Å². The predicted molar refractivity (Wildman–Crippen MR) is 83.2 cm³/mol. The third-order valence-corrected chi connectivity index (χ3v) is 3.54. The van der Waals surface area contributed by atoms with Gasteiger partial charge in [0.25, 0.3) is 0 Å². The highest BCUT2D eigenvalue weighted by Crippen LogP contribution is 2.24. The van der Waals surface area contributed by atoms with Gasteiger partial charge in [0.05, 0.1) is 11.4 Å². The first-order chi connectivity index (χ1) is 10.6. The van der Waals surface area contributed by atoms with Crippen LogP contribution in [-0.4, -0.2) is 25.8 Å². The van der Waals surface area contributed by atoms with Gasteiger partial charge in [0, 0.05) is 18.0 Å². The minimum atomic E-state index is -1.01. The van der Waals surface area contributed by atoms with Gasteiger partial charge in [-0.05, 0) is 43.2 Å². The van der Waals surface area contributed by atoms with Gasteiger partial charge in [-0.2, -0.15) is 5.10 Å². The number of carboxylic acid groups (broad SMARTS) is 1. The van der Waals surface area contributed by atoms with Crippen LogP contribution in [0, 0.1) is 13.8 Å². The lowest BCUT2D eigenvalue weighted by molar-refractivity contribution is 0.0687. The number of pyridine rings is 1. The number of carboxylic acids is 1. The molecule has 2 aromatic heterocycles. The average Bonchev–Trinajstić information content (AvgIpc) is 2.93. The van der Waals surface area contributed by atoms with Crippen LogP contribution in [-0.2, 0) is 0 Å². The topological polar surface area (TPSA) is 68.0 Å². The molecule has 0 bridgehead atoms. The summed E-state index contributed by atoms with van der Waals surface area (Å²) in [5.74, 6) is -1.01. The largest absolute Gasteiger partial charge is 0.477 e. The Labute approximate surface area is 127 Å². The summed E-state index contributed by atoms with van der Waals surface area (Å²) >= 11 is 0. The molecule has 2 heterocycles. The Balaban J connectivity index is 2.24. The normalized spacial score (nSPS) is 10.6. The minimum absolute atomic E-state index is 0.135. The maximum atomic E-state index is 11.6. The fourth-order valence-electron chi connectivity index (χ4n) is 2.50. The van der Waals surface area contributed by atoms with E-state index in [1.54, 1.807) is 24.5 Å². The molecule has 5 nitrogen and oxygen atoms in total. The van der Waals surface area contributed by atoms with Gasteiger partial charge in [-0.1, -0.05) is 18.2 Å². The fraction of sp³-hybridized carbons (Fsp3) is 0.118. The van der Waals surface area contributed by atoms with Crippen molar-refractivity contribution in [3.63, 3.8) is 0 Å². The van der Waals surface area contributed by atoms with Crippen molar-refractivity contribution >= 4 is 5.97 Å². The number of carbonyl (C=O) groups is 1. The summed E-state index contributed by atoms with van der Waals surface area (Å²) in [7, 11) is 0. The standard InChI is InChI=1S/C17H15N3O2/c1-11-5-3-6-12(2)16(11)20-15(17(21)22)9-14(19-20)13-7-4-8-18-10-13/h3-10H,1-2H3,(H,21,22). The van der Waals surface area contributed by atoms with Crippen molar-refractivity contribution < 1.29 is 9.90 Å². The van der Waals surface area contributed by atoms with Crippen LogP contribution in [0.2, 0.25) is 0 Å². The van der Waals surface area contributed by atoms with Gasteiger partial charge in [0.1, 0.15) is 0 Å². The molecule has 1 N–H and O–H groups in total. The van der Waals surface area contributed by atoms with Crippen molar-refractivity contribution in [3.05, 3.63) is 65.6 Å². The maximum Gasteiger partial charge on any atom is 0.354 e. The molecule has 22 heavy (non-hydrogen) atoms. The van der Waals surface area contributed by atoms with E-state index in [1.807, 2.05) is 38.1 Å². The summed E-state index contributed by atoms with van der Waals surface area (Å²) in [6.07, 6.45) is 3.34. The summed E-state index contributed by atoms with van der Waals surface area (Å²) < 4.78 is 1.50. The highest BCUT2D eigenvalue weighted by Gasteiger charge is 2.19. The highest BCUT2D eigenvalue weighted by atomic mass is 16.4. The smallest absolute Gasteiger partial charge is 0.354 e. The molecule has 0 aliphatic heterocycles. The van der Waals surface area contributed by atoms with E-state index in [0.717, 1.165) is 22.4 Å². The number of aryl methyl sites for hydroxylation is 2. The van der Waals surface area contributed by atoms with E-state index in [1.165, 1.54) is 4.68 Å². The van der Waals surface area contributed by atoms with Crippen LogP contribution in [0.5, 0.6) is 0 Å². The highest BCUT2D eigenvalue weighted by molar-refractivity contribution is 5.88. The van der Waals surface area contributed by atoms with Gasteiger partial charge in [-0.15, -0.1) is 0 Å². The predicted octanol–water partition coefficient (Wildman–Crippen LogP) is 3.25. The Bertz CT molecular complexity index is 818. The summed E-state index contributed by atoms with van der Waals surface area (Å²) in [6.45, 7) is 3.89. The molecule has 0 unspecified atom stereocenters. The van der Waals surface area contributed by atoms with Crippen molar-refractivity contribution in [1.82, 2.24) is 14.8 Å². The molecule has 0 fully saturated rings. The van der Waals surface area contributed by atoms with Crippen molar-refractivity contribution in [2.24, 2.45) is 0 Å². The second-order valence-electron chi connectivity index (χ2n) is 5.11. The molecule has 5 heteroatoms. The molecule has 3 aromatic rings. The molecule has 0 spiro atoms. The molecule has 0 aliphatic rings. The van der Waals surface area contributed by atoms with Gasteiger partial charge in [-0.3, -0.25) is 4.98 Å². The van der Waals surface area contributed by atoms with Crippen LogP contribution in [0.1, 0.15) is 21.6 Å². The van der Waals surface area contributed by atoms with Crippen molar-refractivity contribution in [3.8, 4) is 16.9 Å². The number of para-hydroxylation sites is 1. The Morgan fingerprint density at radius 3 is 2.45 bits per heavy atom. The van der Waals surface area contributed by atoms with Crippen LogP contribution in [0.15, 0.2) is 48.8 Å². The van der Waals surface area contributed by atoms with E-state index in [2.05, 4.69) is 10.1 Å². The Morgan fingerprint density at radius 1 is 1.14 bits per heavy atom. The number of nitrogens with zero attached hydrogens (tertiary/aromatic N) is 3. The second kappa shape index (κ2) is 5.44. The lowest BCUT2D eigenvalue weighted by atomic mass is 10.1. The number of rotatable bonds is 3. The average molecular weight is 293 g/mol. The van der Waals surface area contributed by atoms with Crippen LogP contribution < -0.4 is 0 Å². The molecule has 3 rings (SSSR count). The molecule has 0 amide bonds. The van der Waals surface area contributed by atoms with Crippen LogP contribution in [0.4, 0.5) is 0 Å². The first-order valence-corrected chi connectivity index (χ1v) is 6.88. The summed E-state index contributed by atoms with van der Waals surface area (Å²) in [5.41, 5.74) is 4.26. The lowest BCUT2D eigenvalue weighted by Gasteiger charge is -2.11. The van der Waals surface area contributed by atoms with Crippen LogP contribution in [0.3, 0.4) is 0 Å². The summed E-state index contributed by atoms with van der Waals surface area (Å²) in [5, 5.41) is 14.0. The molecule has 0 aliphatic carbocycles. The number of hydrogen-bond donors (Lipinski definition) is 1. The summed E-state index contributed by atoms with van der Waals surface area (Å²) in [6, 6.07) is 11.1. The third-order valence-electron chi connectivity index (χ3n) is 3.54.